The Morgan fingerprint density at radius 3 is 2.28 bits per heavy atom. The van der Waals surface area contributed by atoms with Gasteiger partial charge in [-0.3, -0.25) is 14.4 Å². The molecule has 0 fully saturated rings. The molecule has 0 aliphatic rings. The van der Waals surface area contributed by atoms with Gasteiger partial charge in [0.2, 0.25) is 11.8 Å². The smallest absolute Gasteiger partial charge is 0.408 e. The number of nitrogens with zero attached hydrogens (tertiary/aromatic N) is 1. The SMILES string of the molecule is CCCCCCCN(C(=O)C(NC(=O)OC(C)(C)C)C(C)CC)C(C(=O)NCC(=O)OC)c1cccc(O)c1. The van der Waals surface area contributed by atoms with Crippen molar-refractivity contribution in [1.82, 2.24) is 15.5 Å². The zero-order valence-corrected chi connectivity index (χ0v) is 24.5. The zero-order chi connectivity index (χ0) is 29.6. The largest absolute Gasteiger partial charge is 0.508 e. The fraction of sp³-hybridized carbons (Fsp3) is 0.655. The number of rotatable bonds is 15. The summed E-state index contributed by atoms with van der Waals surface area (Å²) in [5.74, 6) is -2.03. The van der Waals surface area contributed by atoms with Crippen LogP contribution in [-0.4, -0.2) is 65.7 Å². The third kappa shape index (κ3) is 12.0. The first-order chi connectivity index (χ1) is 18.3. The van der Waals surface area contributed by atoms with Crippen LogP contribution in [0.3, 0.4) is 0 Å². The molecular weight excluding hydrogens is 502 g/mol. The van der Waals surface area contributed by atoms with Crippen molar-refractivity contribution in [3.05, 3.63) is 29.8 Å². The molecule has 0 spiro atoms. The number of carbonyl (C=O) groups is 4. The van der Waals surface area contributed by atoms with Crippen molar-refractivity contribution in [2.24, 2.45) is 5.92 Å². The molecule has 3 atom stereocenters. The number of hydrogen-bond acceptors (Lipinski definition) is 7. The second kappa shape index (κ2) is 16.6. The van der Waals surface area contributed by atoms with Crippen LogP contribution in [0.4, 0.5) is 4.79 Å². The molecule has 39 heavy (non-hydrogen) atoms. The number of hydrogen-bond donors (Lipinski definition) is 3. The third-order valence-corrected chi connectivity index (χ3v) is 6.32. The molecule has 0 aromatic heterocycles. The van der Waals surface area contributed by atoms with Crippen molar-refractivity contribution in [1.29, 1.82) is 0 Å². The van der Waals surface area contributed by atoms with E-state index in [4.69, 9.17) is 4.74 Å². The molecule has 0 aliphatic carbocycles. The number of phenols is 1. The molecule has 10 nitrogen and oxygen atoms in total. The molecule has 0 aliphatic heterocycles. The lowest BCUT2D eigenvalue weighted by Gasteiger charge is -2.36. The summed E-state index contributed by atoms with van der Waals surface area (Å²) in [5, 5.41) is 15.4. The minimum atomic E-state index is -1.16. The van der Waals surface area contributed by atoms with Crippen LogP contribution < -0.4 is 10.6 Å². The van der Waals surface area contributed by atoms with Gasteiger partial charge in [-0.05, 0) is 50.8 Å². The molecule has 10 heteroatoms. The first-order valence-corrected chi connectivity index (χ1v) is 13.8. The molecule has 1 rings (SSSR count). The number of esters is 1. The van der Waals surface area contributed by atoms with Crippen LogP contribution >= 0.6 is 0 Å². The molecule has 220 valence electrons. The minimum absolute atomic E-state index is 0.0704. The first kappa shape index (κ1) is 33.7. The van der Waals surface area contributed by atoms with E-state index in [1.165, 1.54) is 24.1 Å². The molecule has 3 unspecified atom stereocenters. The Kier molecular flexibility index (Phi) is 14.4. The average molecular weight is 550 g/mol. The molecular formula is C29H47N3O7. The maximum Gasteiger partial charge on any atom is 0.408 e. The Balaban J connectivity index is 3.50. The number of nitrogens with one attached hydrogen (secondary N) is 2. The van der Waals surface area contributed by atoms with Crippen molar-refractivity contribution < 1.29 is 33.8 Å². The fourth-order valence-electron chi connectivity index (χ4n) is 4.04. The Bertz CT molecular complexity index is 945. The van der Waals surface area contributed by atoms with E-state index in [0.717, 1.165) is 25.7 Å². The van der Waals surface area contributed by atoms with Gasteiger partial charge in [-0.2, -0.15) is 0 Å². The van der Waals surface area contributed by atoms with Gasteiger partial charge in [0.05, 0.1) is 7.11 Å². The molecule has 3 N–H and O–H groups in total. The highest BCUT2D eigenvalue weighted by Gasteiger charge is 2.38. The van der Waals surface area contributed by atoms with Crippen molar-refractivity contribution in [3.8, 4) is 5.75 Å². The van der Waals surface area contributed by atoms with Gasteiger partial charge < -0.3 is 30.1 Å². The monoisotopic (exact) mass is 549 g/mol. The van der Waals surface area contributed by atoms with Crippen molar-refractivity contribution in [3.63, 3.8) is 0 Å². The van der Waals surface area contributed by atoms with Crippen molar-refractivity contribution in [2.45, 2.75) is 97.8 Å². The van der Waals surface area contributed by atoms with Crippen LogP contribution in [0.25, 0.3) is 0 Å². The molecule has 0 radical (unpaired) electrons. The van der Waals surface area contributed by atoms with Gasteiger partial charge in [0, 0.05) is 6.54 Å². The highest BCUT2D eigenvalue weighted by Crippen LogP contribution is 2.27. The van der Waals surface area contributed by atoms with Gasteiger partial charge in [-0.1, -0.05) is 65.0 Å². The van der Waals surface area contributed by atoms with E-state index in [1.807, 2.05) is 13.8 Å². The lowest BCUT2D eigenvalue weighted by molar-refractivity contribution is -0.145. The van der Waals surface area contributed by atoms with Gasteiger partial charge in [0.1, 0.15) is 30.0 Å². The van der Waals surface area contributed by atoms with Gasteiger partial charge >= 0.3 is 12.1 Å². The Hall–Kier alpha value is -3.30. The number of aromatic hydroxyl groups is 1. The highest BCUT2D eigenvalue weighted by molar-refractivity contribution is 5.93. The second-order valence-corrected chi connectivity index (χ2v) is 10.7. The molecule has 1 aromatic carbocycles. The molecule has 0 saturated heterocycles. The van der Waals surface area contributed by atoms with E-state index in [0.29, 0.717) is 18.4 Å². The van der Waals surface area contributed by atoms with E-state index < -0.39 is 41.6 Å². The predicted octanol–water partition coefficient (Wildman–Crippen LogP) is 4.46. The number of amides is 3. The van der Waals surface area contributed by atoms with Gasteiger partial charge in [0.25, 0.3) is 0 Å². The molecule has 1 aromatic rings. The number of benzene rings is 1. The van der Waals surface area contributed by atoms with E-state index in [1.54, 1.807) is 32.9 Å². The molecule has 3 amide bonds. The summed E-state index contributed by atoms with van der Waals surface area (Å²) in [6, 6.07) is 3.98. The number of methoxy groups -OCH3 is 1. The number of unbranched alkanes of at least 4 members (excludes halogenated alkanes) is 4. The first-order valence-electron chi connectivity index (χ1n) is 13.8. The Morgan fingerprint density at radius 2 is 1.72 bits per heavy atom. The lowest BCUT2D eigenvalue weighted by Crippen LogP contribution is -2.55. The van der Waals surface area contributed by atoms with Crippen LogP contribution in [0, 0.1) is 5.92 Å². The summed E-state index contributed by atoms with van der Waals surface area (Å²) in [6.07, 6.45) is 4.43. The summed E-state index contributed by atoms with van der Waals surface area (Å²) < 4.78 is 10.1. The van der Waals surface area contributed by atoms with Gasteiger partial charge in [0.15, 0.2) is 0 Å². The molecule has 0 heterocycles. The summed E-state index contributed by atoms with van der Waals surface area (Å²) >= 11 is 0. The van der Waals surface area contributed by atoms with E-state index in [2.05, 4.69) is 22.3 Å². The second-order valence-electron chi connectivity index (χ2n) is 10.7. The van der Waals surface area contributed by atoms with Crippen molar-refractivity contribution in [2.75, 3.05) is 20.2 Å². The van der Waals surface area contributed by atoms with E-state index in [9.17, 15) is 24.3 Å². The number of alkyl carbamates (subject to hydrolysis) is 1. The highest BCUT2D eigenvalue weighted by atomic mass is 16.6. The predicted molar refractivity (Wildman–Crippen MR) is 149 cm³/mol. The summed E-state index contributed by atoms with van der Waals surface area (Å²) in [4.78, 5) is 53.6. The summed E-state index contributed by atoms with van der Waals surface area (Å²) in [7, 11) is 1.21. The van der Waals surface area contributed by atoms with Gasteiger partial charge in [-0.25, -0.2) is 4.79 Å². The van der Waals surface area contributed by atoms with Crippen molar-refractivity contribution >= 4 is 23.9 Å². The number of phenolic OH excluding ortho intramolecular Hbond substituents is 1. The summed E-state index contributed by atoms with van der Waals surface area (Å²) in [5.41, 5.74) is -0.385. The lowest BCUT2D eigenvalue weighted by atomic mass is 9.95. The normalized spacial score (nSPS) is 13.5. The van der Waals surface area contributed by atoms with E-state index in [-0.39, 0.29) is 24.8 Å². The topological polar surface area (TPSA) is 134 Å². The van der Waals surface area contributed by atoms with Crippen LogP contribution in [0.1, 0.15) is 91.7 Å². The Labute approximate surface area is 232 Å². The van der Waals surface area contributed by atoms with Crippen LogP contribution in [0.15, 0.2) is 24.3 Å². The summed E-state index contributed by atoms with van der Waals surface area (Å²) in [6.45, 7) is 10.9. The quantitative estimate of drug-likeness (QED) is 0.217. The molecule has 0 bridgehead atoms. The van der Waals surface area contributed by atoms with Crippen LogP contribution in [0.2, 0.25) is 0 Å². The van der Waals surface area contributed by atoms with Crippen LogP contribution in [-0.2, 0) is 23.9 Å². The van der Waals surface area contributed by atoms with Crippen LogP contribution in [0.5, 0.6) is 5.75 Å². The zero-order valence-electron chi connectivity index (χ0n) is 24.5. The fourth-order valence-corrected chi connectivity index (χ4v) is 4.04. The van der Waals surface area contributed by atoms with Gasteiger partial charge in [-0.15, -0.1) is 0 Å². The Morgan fingerprint density at radius 1 is 1.05 bits per heavy atom. The average Bonchev–Trinajstić information content (AvgIpc) is 2.87. The molecule has 0 saturated carbocycles. The maximum absolute atomic E-state index is 14.2. The number of ether oxygens (including phenoxy) is 2. The maximum atomic E-state index is 14.2. The number of carbonyl (C=O) groups excluding carboxylic acids is 4. The third-order valence-electron chi connectivity index (χ3n) is 6.32. The van der Waals surface area contributed by atoms with E-state index >= 15 is 0 Å². The standard InChI is InChI=1S/C29H47N3O7/c1-8-10-11-12-13-17-32(27(36)24(20(3)9-2)31-28(37)39-29(4,5)6)25(21-15-14-16-22(33)18-21)26(35)30-19-23(34)38-7/h14-16,18,20,24-25,33H,8-13,17,19H2,1-7H3,(H,30,35)(H,31,37). The minimum Gasteiger partial charge on any atom is -0.508 e.